The van der Waals surface area contributed by atoms with Crippen LogP contribution in [0, 0.1) is 6.92 Å². The summed E-state index contributed by atoms with van der Waals surface area (Å²) in [5.74, 6) is -1.24. The van der Waals surface area contributed by atoms with Crippen molar-refractivity contribution in [2.75, 3.05) is 25.5 Å². The SMILES string of the molecule is Cc1cc(C(=O)O)c(Cl)c(NC(=O)N2CCN(C)C2=O)c1Cl. The van der Waals surface area contributed by atoms with Gasteiger partial charge in [0, 0.05) is 20.1 Å². The lowest BCUT2D eigenvalue weighted by Crippen LogP contribution is -2.38. The number of halogens is 2. The number of imide groups is 1. The molecule has 0 aromatic heterocycles. The van der Waals surface area contributed by atoms with Gasteiger partial charge in [0.25, 0.3) is 0 Å². The summed E-state index contributed by atoms with van der Waals surface area (Å²) in [4.78, 5) is 37.5. The number of aryl methyl sites for hydroxylation is 1. The summed E-state index contributed by atoms with van der Waals surface area (Å²) in [5.41, 5.74) is 0.250. The number of hydrogen-bond donors (Lipinski definition) is 2. The molecule has 1 aliphatic rings. The summed E-state index contributed by atoms with van der Waals surface area (Å²) >= 11 is 12.1. The van der Waals surface area contributed by atoms with Crippen LogP contribution in [0.1, 0.15) is 15.9 Å². The molecule has 0 saturated carbocycles. The van der Waals surface area contributed by atoms with Crippen molar-refractivity contribution in [3.8, 4) is 0 Å². The second-order valence-corrected chi connectivity index (χ2v) is 5.59. The van der Waals surface area contributed by atoms with E-state index < -0.39 is 18.0 Å². The summed E-state index contributed by atoms with van der Waals surface area (Å²) in [6.07, 6.45) is 0. The van der Waals surface area contributed by atoms with Crippen LogP contribution in [0.4, 0.5) is 15.3 Å². The first-order valence-electron chi connectivity index (χ1n) is 6.29. The fourth-order valence-electron chi connectivity index (χ4n) is 2.05. The molecule has 1 aliphatic heterocycles. The third kappa shape index (κ3) is 2.82. The molecular weight excluding hydrogens is 333 g/mol. The van der Waals surface area contributed by atoms with Gasteiger partial charge in [0.05, 0.1) is 21.3 Å². The molecule has 9 heteroatoms. The number of carboxylic acid groups (broad SMARTS) is 1. The lowest BCUT2D eigenvalue weighted by Gasteiger charge is -2.18. The van der Waals surface area contributed by atoms with Gasteiger partial charge in [-0.3, -0.25) is 0 Å². The Morgan fingerprint density at radius 3 is 2.41 bits per heavy atom. The molecule has 118 valence electrons. The van der Waals surface area contributed by atoms with Gasteiger partial charge in [-0.15, -0.1) is 0 Å². The highest BCUT2D eigenvalue weighted by Crippen LogP contribution is 2.36. The van der Waals surface area contributed by atoms with Crippen molar-refractivity contribution in [2.45, 2.75) is 6.92 Å². The summed E-state index contributed by atoms with van der Waals surface area (Å²) in [6.45, 7) is 2.24. The molecule has 22 heavy (non-hydrogen) atoms. The fraction of sp³-hybridized carbons (Fsp3) is 0.308. The zero-order valence-electron chi connectivity index (χ0n) is 11.8. The van der Waals surface area contributed by atoms with E-state index in [4.69, 9.17) is 28.3 Å². The second kappa shape index (κ2) is 6.02. The largest absolute Gasteiger partial charge is 0.478 e. The number of nitrogens with zero attached hydrogens (tertiary/aromatic N) is 2. The van der Waals surface area contributed by atoms with Crippen molar-refractivity contribution < 1.29 is 19.5 Å². The molecule has 0 atom stereocenters. The molecule has 0 bridgehead atoms. The zero-order valence-corrected chi connectivity index (χ0v) is 13.3. The van der Waals surface area contributed by atoms with Gasteiger partial charge in [0.2, 0.25) is 0 Å². The Bertz CT molecular complexity index is 678. The van der Waals surface area contributed by atoms with Crippen molar-refractivity contribution in [2.24, 2.45) is 0 Å². The van der Waals surface area contributed by atoms with Crippen molar-refractivity contribution in [3.05, 3.63) is 27.2 Å². The standard InChI is InChI=1S/C13H13Cl2N3O4/c1-6-5-7(11(19)20)9(15)10(8(6)14)16-12(21)18-4-3-17(2)13(18)22/h5H,3-4H2,1-2H3,(H,16,21)(H,19,20). The molecule has 2 N–H and O–H groups in total. The second-order valence-electron chi connectivity index (χ2n) is 4.84. The summed E-state index contributed by atoms with van der Waals surface area (Å²) in [7, 11) is 1.57. The number of carboxylic acids is 1. The number of aromatic carboxylic acids is 1. The van der Waals surface area contributed by atoms with E-state index in [1.165, 1.54) is 11.0 Å². The Kier molecular flexibility index (Phi) is 4.48. The molecule has 1 aromatic rings. The number of nitrogens with one attached hydrogen (secondary N) is 1. The van der Waals surface area contributed by atoms with Crippen LogP contribution in [0.25, 0.3) is 0 Å². The molecule has 0 aliphatic carbocycles. The van der Waals surface area contributed by atoms with Crippen molar-refractivity contribution in [1.82, 2.24) is 9.80 Å². The van der Waals surface area contributed by atoms with Crippen molar-refractivity contribution in [3.63, 3.8) is 0 Å². The Labute approximate surface area is 136 Å². The maximum atomic E-state index is 12.2. The molecule has 4 amide bonds. The van der Waals surface area contributed by atoms with Gasteiger partial charge >= 0.3 is 18.0 Å². The van der Waals surface area contributed by atoms with Crippen LogP contribution in [0.2, 0.25) is 10.0 Å². The van der Waals surface area contributed by atoms with E-state index in [0.29, 0.717) is 12.1 Å². The number of rotatable bonds is 2. The lowest BCUT2D eigenvalue weighted by atomic mass is 10.1. The van der Waals surface area contributed by atoms with E-state index in [0.717, 1.165) is 4.90 Å². The highest BCUT2D eigenvalue weighted by Gasteiger charge is 2.31. The highest BCUT2D eigenvalue weighted by molar-refractivity contribution is 6.42. The van der Waals surface area contributed by atoms with Crippen LogP contribution >= 0.6 is 23.2 Å². The highest BCUT2D eigenvalue weighted by atomic mass is 35.5. The summed E-state index contributed by atoms with van der Waals surface area (Å²) in [5, 5.41) is 11.5. The molecule has 1 heterocycles. The van der Waals surface area contributed by atoms with Crippen molar-refractivity contribution >= 4 is 46.9 Å². The minimum atomic E-state index is -1.24. The van der Waals surface area contributed by atoms with Gasteiger partial charge in [-0.25, -0.2) is 19.3 Å². The Hall–Kier alpha value is -1.99. The Balaban J connectivity index is 2.35. The molecule has 0 spiro atoms. The fourth-order valence-corrected chi connectivity index (χ4v) is 2.57. The normalized spacial score (nSPS) is 14.5. The molecule has 1 saturated heterocycles. The summed E-state index contributed by atoms with van der Waals surface area (Å²) < 4.78 is 0. The van der Waals surface area contributed by atoms with Gasteiger partial charge in [0.1, 0.15) is 0 Å². The zero-order chi connectivity index (χ0) is 16.6. The maximum absolute atomic E-state index is 12.2. The van der Waals surface area contributed by atoms with Crippen LogP contribution in [0.5, 0.6) is 0 Å². The van der Waals surface area contributed by atoms with Crippen LogP contribution in [-0.2, 0) is 0 Å². The third-order valence-corrected chi connectivity index (χ3v) is 4.19. The van der Waals surface area contributed by atoms with E-state index in [1.54, 1.807) is 14.0 Å². The number of carbonyl (C=O) groups excluding carboxylic acids is 2. The van der Waals surface area contributed by atoms with E-state index in [9.17, 15) is 14.4 Å². The molecule has 0 unspecified atom stereocenters. The van der Waals surface area contributed by atoms with Gasteiger partial charge in [-0.1, -0.05) is 23.2 Å². The predicted octanol–water partition coefficient (Wildman–Crippen LogP) is 2.90. The minimum Gasteiger partial charge on any atom is -0.478 e. The smallest absolute Gasteiger partial charge is 0.337 e. The topological polar surface area (TPSA) is 89.9 Å². The number of benzene rings is 1. The first-order valence-corrected chi connectivity index (χ1v) is 7.05. The number of hydrogen-bond acceptors (Lipinski definition) is 3. The quantitative estimate of drug-likeness (QED) is 0.862. The molecule has 1 aromatic carbocycles. The number of carbonyl (C=O) groups is 3. The van der Waals surface area contributed by atoms with Gasteiger partial charge < -0.3 is 15.3 Å². The van der Waals surface area contributed by atoms with Crippen LogP contribution in [0.3, 0.4) is 0 Å². The van der Waals surface area contributed by atoms with E-state index >= 15 is 0 Å². The first kappa shape index (κ1) is 16.4. The molecule has 7 nitrogen and oxygen atoms in total. The number of amides is 4. The minimum absolute atomic E-state index is 0.0203. The maximum Gasteiger partial charge on any atom is 0.337 e. The van der Waals surface area contributed by atoms with Crippen LogP contribution in [-0.4, -0.2) is 53.1 Å². The van der Waals surface area contributed by atoms with E-state index in [-0.39, 0.29) is 27.8 Å². The molecular formula is C13H13Cl2N3O4. The number of anilines is 1. The van der Waals surface area contributed by atoms with Crippen molar-refractivity contribution in [1.29, 1.82) is 0 Å². The van der Waals surface area contributed by atoms with Gasteiger partial charge in [0.15, 0.2) is 0 Å². The Morgan fingerprint density at radius 2 is 1.91 bits per heavy atom. The average Bonchev–Trinajstić information content (AvgIpc) is 2.78. The van der Waals surface area contributed by atoms with E-state index in [2.05, 4.69) is 5.32 Å². The number of urea groups is 2. The summed E-state index contributed by atoms with van der Waals surface area (Å²) in [6, 6.07) is 0.160. The predicted molar refractivity (Wildman–Crippen MR) is 81.9 cm³/mol. The lowest BCUT2D eigenvalue weighted by molar-refractivity contribution is 0.0697. The molecule has 1 fully saturated rings. The first-order chi connectivity index (χ1) is 10.2. The monoisotopic (exact) mass is 345 g/mol. The van der Waals surface area contributed by atoms with Crippen LogP contribution < -0.4 is 5.32 Å². The Morgan fingerprint density at radius 1 is 1.27 bits per heavy atom. The van der Waals surface area contributed by atoms with Gasteiger partial charge in [-0.2, -0.15) is 0 Å². The molecule has 2 rings (SSSR count). The third-order valence-electron chi connectivity index (χ3n) is 3.31. The van der Waals surface area contributed by atoms with Crippen LogP contribution in [0.15, 0.2) is 6.07 Å². The molecule has 0 radical (unpaired) electrons. The van der Waals surface area contributed by atoms with Gasteiger partial charge in [-0.05, 0) is 18.6 Å². The van der Waals surface area contributed by atoms with E-state index in [1.807, 2.05) is 0 Å². The average molecular weight is 346 g/mol. The number of likely N-dealkylation sites (N-methyl/N-ethyl adjacent to an activating group) is 1.